The van der Waals surface area contributed by atoms with Gasteiger partial charge in [0.2, 0.25) is 0 Å². The molecule has 2 aromatic carbocycles. The molecule has 0 saturated carbocycles. The lowest BCUT2D eigenvalue weighted by Crippen LogP contribution is -2.12. The molecule has 0 bridgehead atoms. The molecule has 0 saturated heterocycles. The number of nitro groups is 1. The normalized spacial score (nSPS) is 9.95. The fourth-order valence-electron chi connectivity index (χ4n) is 1.75. The zero-order valence-corrected chi connectivity index (χ0v) is 11.2. The van der Waals surface area contributed by atoms with Crippen molar-refractivity contribution < 1.29 is 14.4 Å². The van der Waals surface area contributed by atoms with Gasteiger partial charge in [-0.3, -0.25) is 15.5 Å². The fraction of sp³-hybridized carbons (Fsp3) is 0.0714. The largest absolute Gasteiger partial charge is 0.493 e. The molecule has 7 heteroatoms. The van der Waals surface area contributed by atoms with E-state index >= 15 is 0 Å². The first-order chi connectivity index (χ1) is 10.0. The summed E-state index contributed by atoms with van der Waals surface area (Å²) in [5.74, 6) is 0.931. The first-order valence-corrected chi connectivity index (χ1v) is 5.96. The summed E-state index contributed by atoms with van der Waals surface area (Å²) in [5.41, 5.74) is 5.86. The molecule has 0 aliphatic rings. The summed E-state index contributed by atoms with van der Waals surface area (Å²) in [6.45, 7) is 0. The lowest BCUT2D eigenvalue weighted by molar-refractivity contribution is -0.384. The van der Waals surface area contributed by atoms with Crippen molar-refractivity contribution in [3.63, 3.8) is 0 Å². The number of hydrogen-bond acceptors (Lipinski definition) is 5. The second kappa shape index (κ2) is 5.91. The van der Waals surface area contributed by atoms with Crippen molar-refractivity contribution in [1.29, 1.82) is 5.41 Å². The molecule has 0 atom stereocenters. The molecule has 0 aliphatic heterocycles. The first-order valence-electron chi connectivity index (χ1n) is 5.96. The highest BCUT2D eigenvalue weighted by Crippen LogP contribution is 2.35. The van der Waals surface area contributed by atoms with E-state index < -0.39 is 4.92 Å². The van der Waals surface area contributed by atoms with Crippen LogP contribution >= 0.6 is 0 Å². The summed E-state index contributed by atoms with van der Waals surface area (Å²) in [5, 5.41) is 18.2. The van der Waals surface area contributed by atoms with E-state index in [2.05, 4.69) is 0 Å². The Morgan fingerprint density at radius 1 is 1.24 bits per heavy atom. The maximum atomic E-state index is 10.6. The van der Waals surface area contributed by atoms with Crippen LogP contribution in [0.4, 0.5) is 5.69 Å². The quantitative estimate of drug-likeness (QED) is 0.380. The Balaban J connectivity index is 2.38. The highest BCUT2D eigenvalue weighted by atomic mass is 16.6. The Kier molecular flexibility index (Phi) is 4.03. The highest BCUT2D eigenvalue weighted by Gasteiger charge is 2.14. The third kappa shape index (κ3) is 3.08. The second-order valence-corrected chi connectivity index (χ2v) is 4.10. The average molecular weight is 287 g/mol. The molecule has 3 N–H and O–H groups in total. The number of para-hydroxylation sites is 1. The fourth-order valence-corrected chi connectivity index (χ4v) is 1.75. The molecule has 0 aliphatic carbocycles. The minimum absolute atomic E-state index is 0.0332. The van der Waals surface area contributed by atoms with Crippen LogP contribution in [0, 0.1) is 15.5 Å². The van der Waals surface area contributed by atoms with Crippen LogP contribution in [0.25, 0.3) is 0 Å². The summed E-state index contributed by atoms with van der Waals surface area (Å²) in [7, 11) is 1.47. The number of ether oxygens (including phenoxy) is 2. The van der Waals surface area contributed by atoms with Gasteiger partial charge in [-0.15, -0.1) is 0 Å². The van der Waals surface area contributed by atoms with Gasteiger partial charge in [0.05, 0.1) is 17.6 Å². The van der Waals surface area contributed by atoms with Crippen LogP contribution in [-0.4, -0.2) is 17.9 Å². The number of amidine groups is 1. The van der Waals surface area contributed by atoms with Gasteiger partial charge in [0.1, 0.15) is 11.6 Å². The smallest absolute Gasteiger partial charge is 0.269 e. The predicted molar refractivity (Wildman–Crippen MR) is 77.2 cm³/mol. The molecule has 2 rings (SSSR count). The van der Waals surface area contributed by atoms with Crippen LogP contribution in [0.15, 0.2) is 42.5 Å². The van der Waals surface area contributed by atoms with E-state index in [1.165, 1.54) is 31.4 Å². The van der Waals surface area contributed by atoms with Gasteiger partial charge in [-0.25, -0.2) is 0 Å². The molecule has 7 nitrogen and oxygen atoms in total. The molecule has 0 unspecified atom stereocenters. The van der Waals surface area contributed by atoms with Gasteiger partial charge in [0.15, 0.2) is 11.5 Å². The number of nitrogens with two attached hydrogens (primary N) is 1. The van der Waals surface area contributed by atoms with Crippen molar-refractivity contribution in [2.75, 3.05) is 7.11 Å². The lowest BCUT2D eigenvalue weighted by atomic mass is 10.1. The van der Waals surface area contributed by atoms with Gasteiger partial charge < -0.3 is 15.2 Å². The molecule has 108 valence electrons. The third-order valence-electron chi connectivity index (χ3n) is 2.76. The topological polar surface area (TPSA) is 111 Å². The minimum atomic E-state index is -0.492. The lowest BCUT2D eigenvalue weighted by Gasteiger charge is -2.13. The van der Waals surface area contributed by atoms with Gasteiger partial charge >= 0.3 is 0 Å². The number of nitro benzene ring substituents is 1. The van der Waals surface area contributed by atoms with E-state index in [0.717, 1.165) is 0 Å². The van der Waals surface area contributed by atoms with Crippen LogP contribution in [-0.2, 0) is 0 Å². The summed E-state index contributed by atoms with van der Waals surface area (Å²) in [4.78, 5) is 10.1. The zero-order valence-electron chi connectivity index (χ0n) is 11.2. The Hall–Kier alpha value is -3.09. The molecule has 0 radical (unpaired) electrons. The van der Waals surface area contributed by atoms with Gasteiger partial charge in [-0.05, 0) is 24.3 Å². The predicted octanol–water partition coefficient (Wildman–Crippen LogP) is 2.68. The molecule has 0 heterocycles. The van der Waals surface area contributed by atoms with E-state index in [9.17, 15) is 10.1 Å². The van der Waals surface area contributed by atoms with Crippen molar-refractivity contribution in [3.05, 3.63) is 58.1 Å². The van der Waals surface area contributed by atoms with Gasteiger partial charge in [-0.2, -0.15) is 0 Å². The maximum absolute atomic E-state index is 10.6. The zero-order chi connectivity index (χ0) is 15.4. The summed E-state index contributed by atoms with van der Waals surface area (Å²) >= 11 is 0. The Morgan fingerprint density at radius 2 is 1.90 bits per heavy atom. The van der Waals surface area contributed by atoms with E-state index in [4.69, 9.17) is 20.6 Å². The molecule has 0 spiro atoms. The van der Waals surface area contributed by atoms with Crippen molar-refractivity contribution in [3.8, 4) is 17.2 Å². The van der Waals surface area contributed by atoms with Crippen LogP contribution in [0.3, 0.4) is 0 Å². The first kappa shape index (κ1) is 14.3. The van der Waals surface area contributed by atoms with Crippen LogP contribution in [0.2, 0.25) is 0 Å². The molecule has 0 aromatic heterocycles. The number of nitrogens with zero attached hydrogens (tertiary/aromatic N) is 1. The van der Waals surface area contributed by atoms with Crippen molar-refractivity contribution in [1.82, 2.24) is 0 Å². The van der Waals surface area contributed by atoms with Crippen molar-refractivity contribution in [2.45, 2.75) is 0 Å². The summed E-state index contributed by atoms with van der Waals surface area (Å²) in [6, 6.07) is 10.6. The molecule has 2 aromatic rings. The van der Waals surface area contributed by atoms with Crippen molar-refractivity contribution in [2.24, 2.45) is 5.73 Å². The van der Waals surface area contributed by atoms with Gasteiger partial charge in [0.25, 0.3) is 5.69 Å². The van der Waals surface area contributed by atoms with E-state index in [1.54, 1.807) is 18.2 Å². The summed E-state index contributed by atoms with van der Waals surface area (Å²) < 4.78 is 10.8. The second-order valence-electron chi connectivity index (χ2n) is 4.10. The summed E-state index contributed by atoms with van der Waals surface area (Å²) in [6.07, 6.45) is 0. The van der Waals surface area contributed by atoms with Crippen LogP contribution < -0.4 is 15.2 Å². The SMILES string of the molecule is COc1cccc(C(=N)N)c1Oc1ccc([N+](=O)[O-])cc1. The van der Waals surface area contributed by atoms with E-state index in [0.29, 0.717) is 22.8 Å². The minimum Gasteiger partial charge on any atom is -0.493 e. The van der Waals surface area contributed by atoms with Crippen LogP contribution in [0.5, 0.6) is 17.2 Å². The molecule has 0 fully saturated rings. The molecular weight excluding hydrogens is 274 g/mol. The monoisotopic (exact) mass is 287 g/mol. The molecule has 0 amide bonds. The number of nitrogens with one attached hydrogen (secondary N) is 1. The number of hydrogen-bond donors (Lipinski definition) is 2. The maximum Gasteiger partial charge on any atom is 0.269 e. The standard InChI is InChI=1S/C14H13N3O4/c1-20-12-4-2-3-11(14(15)16)13(12)21-10-7-5-9(6-8-10)17(18)19/h2-8H,1H3,(H3,15,16). The number of methoxy groups -OCH3 is 1. The molecule has 21 heavy (non-hydrogen) atoms. The number of rotatable bonds is 5. The van der Waals surface area contributed by atoms with Gasteiger partial charge in [0, 0.05) is 12.1 Å². The van der Waals surface area contributed by atoms with E-state index in [-0.39, 0.29) is 11.5 Å². The van der Waals surface area contributed by atoms with E-state index in [1.807, 2.05) is 0 Å². The number of nitrogen functional groups attached to an aromatic ring is 1. The van der Waals surface area contributed by atoms with Gasteiger partial charge in [-0.1, -0.05) is 6.07 Å². The Bertz CT molecular complexity index is 683. The van der Waals surface area contributed by atoms with Crippen molar-refractivity contribution >= 4 is 11.5 Å². The number of non-ortho nitro benzene ring substituents is 1. The van der Waals surface area contributed by atoms with Crippen LogP contribution in [0.1, 0.15) is 5.56 Å². The Morgan fingerprint density at radius 3 is 2.43 bits per heavy atom. The average Bonchev–Trinajstić information content (AvgIpc) is 2.47. The Labute approximate surface area is 120 Å². The third-order valence-corrected chi connectivity index (χ3v) is 2.76. The number of benzene rings is 2. The highest BCUT2D eigenvalue weighted by molar-refractivity contribution is 5.98. The molecular formula is C14H13N3O4.